The number of benzene rings is 1. The lowest BCUT2D eigenvalue weighted by Crippen LogP contribution is -2.18. The highest BCUT2D eigenvalue weighted by Gasteiger charge is 2.32. The molecule has 0 radical (unpaired) electrons. The molecular formula is C7H5F4NO3S. The summed E-state index contributed by atoms with van der Waals surface area (Å²) in [7, 11) is -4.16. The minimum absolute atomic E-state index is 0.344. The van der Waals surface area contributed by atoms with Crippen LogP contribution < -0.4 is 9.88 Å². The van der Waals surface area contributed by atoms with Gasteiger partial charge in [0, 0.05) is 0 Å². The van der Waals surface area contributed by atoms with Gasteiger partial charge in [-0.2, -0.15) is 0 Å². The summed E-state index contributed by atoms with van der Waals surface area (Å²) >= 11 is 0. The average Bonchev–Trinajstić information content (AvgIpc) is 2.04. The van der Waals surface area contributed by atoms with Gasteiger partial charge in [0.05, 0.1) is 4.90 Å². The summed E-state index contributed by atoms with van der Waals surface area (Å²) in [6, 6.07) is 1.58. The number of halogens is 4. The number of hydrogen-bond acceptors (Lipinski definition) is 3. The van der Waals surface area contributed by atoms with Gasteiger partial charge >= 0.3 is 6.36 Å². The zero-order chi connectivity index (χ0) is 12.6. The van der Waals surface area contributed by atoms with Gasteiger partial charge in [0.1, 0.15) is 0 Å². The van der Waals surface area contributed by atoms with Gasteiger partial charge < -0.3 is 4.74 Å². The van der Waals surface area contributed by atoms with Gasteiger partial charge in [0.2, 0.25) is 10.0 Å². The van der Waals surface area contributed by atoms with Crippen LogP contribution in [0.5, 0.6) is 5.75 Å². The molecule has 9 heteroatoms. The second-order valence-corrected chi connectivity index (χ2v) is 4.25. The van der Waals surface area contributed by atoms with Crippen molar-refractivity contribution in [1.29, 1.82) is 0 Å². The molecule has 1 aromatic rings. The Morgan fingerprint density at radius 1 is 1.25 bits per heavy atom. The van der Waals surface area contributed by atoms with E-state index in [1.807, 2.05) is 0 Å². The summed E-state index contributed by atoms with van der Waals surface area (Å²) < 4.78 is 72.9. The zero-order valence-corrected chi connectivity index (χ0v) is 8.27. The standard InChI is InChI=1S/C7H5F4NO3S/c8-5-3-4(16(12,13)14)1-2-6(5)15-7(9,10)11/h1-3H,(H2,12,13,14). The summed E-state index contributed by atoms with van der Waals surface area (Å²) in [5.41, 5.74) is 0. The van der Waals surface area contributed by atoms with Crippen molar-refractivity contribution in [1.82, 2.24) is 0 Å². The lowest BCUT2D eigenvalue weighted by atomic mass is 10.3. The Bertz CT molecular complexity index is 497. The van der Waals surface area contributed by atoms with Gasteiger partial charge in [-0.05, 0) is 18.2 Å². The molecule has 0 unspecified atom stereocenters. The molecule has 0 aliphatic carbocycles. The molecule has 0 heterocycles. The van der Waals surface area contributed by atoms with E-state index in [1.54, 1.807) is 0 Å². The van der Waals surface area contributed by atoms with E-state index in [0.717, 1.165) is 0 Å². The van der Waals surface area contributed by atoms with E-state index in [-0.39, 0.29) is 0 Å². The van der Waals surface area contributed by atoms with Crippen LogP contribution in [0, 0.1) is 5.82 Å². The molecule has 0 spiro atoms. The minimum atomic E-state index is -5.05. The first-order chi connectivity index (χ1) is 7.09. The van der Waals surface area contributed by atoms with Gasteiger partial charge in [-0.25, -0.2) is 17.9 Å². The van der Waals surface area contributed by atoms with Gasteiger partial charge in [-0.1, -0.05) is 0 Å². The largest absolute Gasteiger partial charge is 0.573 e. The third kappa shape index (κ3) is 3.35. The van der Waals surface area contributed by atoms with Crippen molar-refractivity contribution in [3.05, 3.63) is 24.0 Å². The third-order valence-electron chi connectivity index (χ3n) is 1.46. The molecule has 0 bridgehead atoms. The maximum atomic E-state index is 13.0. The van der Waals surface area contributed by atoms with E-state index in [2.05, 4.69) is 9.88 Å². The SMILES string of the molecule is NS(=O)(=O)c1ccc(OC(F)(F)F)c(F)c1. The Balaban J connectivity index is 3.11. The highest BCUT2D eigenvalue weighted by Crippen LogP contribution is 2.26. The monoisotopic (exact) mass is 259 g/mol. The number of hydrogen-bond donors (Lipinski definition) is 1. The van der Waals surface area contributed by atoms with E-state index in [1.165, 1.54) is 0 Å². The zero-order valence-electron chi connectivity index (χ0n) is 7.45. The van der Waals surface area contributed by atoms with E-state index in [4.69, 9.17) is 0 Å². The Morgan fingerprint density at radius 3 is 2.19 bits per heavy atom. The average molecular weight is 259 g/mol. The molecular weight excluding hydrogens is 254 g/mol. The summed E-state index contributed by atoms with van der Waals surface area (Å²) in [4.78, 5) is -0.639. The van der Waals surface area contributed by atoms with Crippen LogP contribution in [0.2, 0.25) is 0 Å². The maximum absolute atomic E-state index is 13.0. The highest BCUT2D eigenvalue weighted by atomic mass is 32.2. The molecule has 0 aliphatic heterocycles. The Morgan fingerprint density at radius 2 is 1.81 bits per heavy atom. The van der Waals surface area contributed by atoms with E-state index >= 15 is 0 Å². The van der Waals surface area contributed by atoms with Crippen LogP contribution in [0.1, 0.15) is 0 Å². The normalized spacial score (nSPS) is 12.6. The molecule has 90 valence electrons. The van der Waals surface area contributed by atoms with Gasteiger partial charge in [-0.15, -0.1) is 13.2 Å². The van der Waals surface area contributed by atoms with Crippen LogP contribution in [0.25, 0.3) is 0 Å². The number of nitrogens with two attached hydrogens (primary N) is 1. The fourth-order valence-corrected chi connectivity index (χ4v) is 1.39. The quantitative estimate of drug-likeness (QED) is 0.815. The Kier molecular flexibility index (Phi) is 3.10. The van der Waals surface area contributed by atoms with Crippen LogP contribution in [-0.4, -0.2) is 14.8 Å². The molecule has 16 heavy (non-hydrogen) atoms. The van der Waals surface area contributed by atoms with Gasteiger partial charge in [-0.3, -0.25) is 0 Å². The van der Waals surface area contributed by atoms with E-state index in [0.29, 0.717) is 18.2 Å². The van der Waals surface area contributed by atoms with Crippen LogP contribution >= 0.6 is 0 Å². The van der Waals surface area contributed by atoms with Crippen LogP contribution in [-0.2, 0) is 10.0 Å². The van der Waals surface area contributed by atoms with Crippen LogP contribution in [0.4, 0.5) is 17.6 Å². The van der Waals surface area contributed by atoms with Crippen molar-refractivity contribution in [3.8, 4) is 5.75 Å². The number of rotatable bonds is 2. The summed E-state index contributed by atoms with van der Waals surface area (Å²) in [5.74, 6) is -2.59. The molecule has 4 nitrogen and oxygen atoms in total. The van der Waals surface area contributed by atoms with Crippen LogP contribution in [0.15, 0.2) is 23.1 Å². The predicted molar refractivity (Wildman–Crippen MR) is 44.5 cm³/mol. The predicted octanol–water partition coefficient (Wildman–Crippen LogP) is 1.37. The Hall–Kier alpha value is -1.35. The van der Waals surface area contributed by atoms with Crippen molar-refractivity contribution in [2.75, 3.05) is 0 Å². The Labute approximate surface area is 87.7 Å². The molecule has 0 aromatic heterocycles. The molecule has 2 N–H and O–H groups in total. The molecule has 1 aromatic carbocycles. The molecule has 1 rings (SSSR count). The minimum Gasteiger partial charge on any atom is -0.403 e. The van der Waals surface area contributed by atoms with Crippen molar-refractivity contribution in [3.63, 3.8) is 0 Å². The molecule has 0 saturated heterocycles. The summed E-state index contributed by atoms with van der Waals surface area (Å²) in [6.45, 7) is 0. The highest BCUT2D eigenvalue weighted by molar-refractivity contribution is 7.89. The van der Waals surface area contributed by atoms with E-state index < -0.39 is 32.8 Å². The summed E-state index contributed by atoms with van der Waals surface area (Å²) in [6.07, 6.45) is -5.05. The number of alkyl halides is 3. The molecule has 0 atom stereocenters. The van der Waals surface area contributed by atoms with Crippen molar-refractivity contribution < 1.29 is 30.7 Å². The van der Waals surface area contributed by atoms with Gasteiger partial charge in [0.15, 0.2) is 11.6 Å². The third-order valence-corrected chi connectivity index (χ3v) is 2.37. The number of ether oxygens (including phenoxy) is 1. The molecule has 0 fully saturated rings. The fraction of sp³-hybridized carbons (Fsp3) is 0.143. The summed E-state index contributed by atoms with van der Waals surface area (Å²) in [5, 5.41) is 4.65. The smallest absolute Gasteiger partial charge is 0.403 e. The number of sulfonamides is 1. The molecule has 0 aliphatic rings. The number of primary sulfonamides is 1. The fourth-order valence-electron chi connectivity index (χ4n) is 0.866. The first-order valence-corrected chi connectivity index (χ1v) is 5.22. The maximum Gasteiger partial charge on any atom is 0.573 e. The topological polar surface area (TPSA) is 69.4 Å². The lowest BCUT2D eigenvalue weighted by molar-refractivity contribution is -0.275. The molecule has 0 amide bonds. The van der Waals surface area contributed by atoms with E-state index in [9.17, 15) is 26.0 Å². The molecule has 0 saturated carbocycles. The van der Waals surface area contributed by atoms with Crippen molar-refractivity contribution in [2.24, 2.45) is 5.14 Å². The first kappa shape index (κ1) is 12.7. The van der Waals surface area contributed by atoms with Crippen molar-refractivity contribution in [2.45, 2.75) is 11.3 Å². The van der Waals surface area contributed by atoms with Crippen molar-refractivity contribution >= 4 is 10.0 Å². The second kappa shape index (κ2) is 3.91. The second-order valence-electron chi connectivity index (χ2n) is 2.69. The van der Waals surface area contributed by atoms with Crippen LogP contribution in [0.3, 0.4) is 0 Å². The first-order valence-electron chi connectivity index (χ1n) is 3.68. The van der Waals surface area contributed by atoms with Gasteiger partial charge in [0.25, 0.3) is 0 Å². The lowest BCUT2D eigenvalue weighted by Gasteiger charge is -2.09.